The predicted molar refractivity (Wildman–Crippen MR) is 103 cm³/mol. The van der Waals surface area contributed by atoms with Gasteiger partial charge in [-0.05, 0) is 36.8 Å². The number of benzene rings is 1. The molecule has 0 N–H and O–H groups in total. The lowest BCUT2D eigenvalue weighted by Crippen LogP contribution is -2.46. The lowest BCUT2D eigenvalue weighted by atomic mass is 10.2. The SMILES string of the molecule is Cc1ccnc(N2CCN(Cc3nc4ccccc4c(=O)n3C)CC2)c1. The molecule has 0 atom stereocenters. The van der Waals surface area contributed by atoms with E-state index < -0.39 is 0 Å². The molecule has 6 nitrogen and oxygen atoms in total. The monoisotopic (exact) mass is 349 g/mol. The molecule has 0 radical (unpaired) electrons. The van der Waals surface area contributed by atoms with Crippen molar-refractivity contribution in [1.29, 1.82) is 0 Å². The van der Waals surface area contributed by atoms with Gasteiger partial charge in [0.05, 0.1) is 17.4 Å². The Hall–Kier alpha value is -2.73. The molecule has 2 aromatic heterocycles. The summed E-state index contributed by atoms with van der Waals surface area (Å²) >= 11 is 0. The summed E-state index contributed by atoms with van der Waals surface area (Å²) in [5, 5.41) is 0.675. The number of aromatic nitrogens is 3. The molecule has 0 spiro atoms. The molecule has 26 heavy (non-hydrogen) atoms. The first kappa shape index (κ1) is 16.7. The molecule has 0 amide bonds. The van der Waals surface area contributed by atoms with Crippen molar-refractivity contribution < 1.29 is 0 Å². The van der Waals surface area contributed by atoms with Crippen LogP contribution >= 0.6 is 0 Å². The van der Waals surface area contributed by atoms with E-state index in [0.29, 0.717) is 11.9 Å². The Morgan fingerprint density at radius 2 is 1.85 bits per heavy atom. The minimum absolute atomic E-state index is 0.0215. The first-order valence-corrected chi connectivity index (χ1v) is 8.96. The topological polar surface area (TPSA) is 54.3 Å². The van der Waals surface area contributed by atoms with Crippen LogP contribution in [0.1, 0.15) is 11.4 Å². The Bertz CT molecular complexity index is 989. The molecule has 134 valence electrons. The Labute approximate surface area is 152 Å². The number of nitrogens with zero attached hydrogens (tertiary/aromatic N) is 5. The van der Waals surface area contributed by atoms with Crippen molar-refractivity contribution in [3.63, 3.8) is 0 Å². The molecule has 4 rings (SSSR count). The Balaban J connectivity index is 1.49. The number of aryl methyl sites for hydroxylation is 1. The van der Waals surface area contributed by atoms with Crippen molar-refractivity contribution in [2.75, 3.05) is 31.1 Å². The Morgan fingerprint density at radius 1 is 1.08 bits per heavy atom. The summed E-state index contributed by atoms with van der Waals surface area (Å²) in [5.41, 5.74) is 2.02. The van der Waals surface area contributed by atoms with Crippen LogP contribution in [0.25, 0.3) is 10.9 Å². The molecule has 1 aliphatic heterocycles. The first-order chi connectivity index (χ1) is 12.6. The van der Waals surface area contributed by atoms with E-state index in [9.17, 15) is 4.79 Å². The van der Waals surface area contributed by atoms with Crippen LogP contribution in [-0.4, -0.2) is 45.6 Å². The van der Waals surface area contributed by atoms with E-state index in [2.05, 4.69) is 27.8 Å². The summed E-state index contributed by atoms with van der Waals surface area (Å²) in [6, 6.07) is 11.7. The number of piperazine rings is 1. The third-order valence-electron chi connectivity index (χ3n) is 5.04. The quantitative estimate of drug-likeness (QED) is 0.723. The number of fused-ring (bicyclic) bond motifs is 1. The molecular formula is C20H23N5O. The summed E-state index contributed by atoms with van der Waals surface area (Å²) < 4.78 is 1.68. The van der Waals surface area contributed by atoms with E-state index in [-0.39, 0.29) is 5.56 Å². The maximum atomic E-state index is 12.5. The maximum Gasteiger partial charge on any atom is 0.261 e. The van der Waals surface area contributed by atoms with Crippen molar-refractivity contribution in [3.05, 3.63) is 64.3 Å². The number of para-hydroxylation sites is 1. The van der Waals surface area contributed by atoms with Crippen LogP contribution in [0.4, 0.5) is 5.82 Å². The fraction of sp³-hybridized carbons (Fsp3) is 0.350. The summed E-state index contributed by atoms with van der Waals surface area (Å²) in [6.07, 6.45) is 1.87. The zero-order chi connectivity index (χ0) is 18.1. The lowest BCUT2D eigenvalue weighted by Gasteiger charge is -2.35. The second-order valence-electron chi connectivity index (χ2n) is 6.86. The fourth-order valence-electron chi connectivity index (χ4n) is 3.43. The summed E-state index contributed by atoms with van der Waals surface area (Å²) in [6.45, 7) is 6.49. The van der Waals surface area contributed by atoms with Crippen LogP contribution in [0.15, 0.2) is 47.4 Å². The van der Waals surface area contributed by atoms with E-state index >= 15 is 0 Å². The molecule has 1 saturated heterocycles. The zero-order valence-corrected chi connectivity index (χ0v) is 15.2. The maximum absolute atomic E-state index is 12.5. The van der Waals surface area contributed by atoms with E-state index in [0.717, 1.165) is 43.3 Å². The predicted octanol–water partition coefficient (Wildman–Crippen LogP) is 1.96. The van der Waals surface area contributed by atoms with Crippen LogP contribution < -0.4 is 10.5 Å². The first-order valence-electron chi connectivity index (χ1n) is 8.96. The largest absolute Gasteiger partial charge is 0.354 e. The lowest BCUT2D eigenvalue weighted by molar-refractivity contribution is 0.240. The van der Waals surface area contributed by atoms with Gasteiger partial charge in [-0.2, -0.15) is 0 Å². The highest BCUT2D eigenvalue weighted by atomic mass is 16.1. The highest BCUT2D eigenvalue weighted by Crippen LogP contribution is 2.16. The summed E-state index contributed by atoms with van der Waals surface area (Å²) in [5.74, 6) is 1.86. The minimum Gasteiger partial charge on any atom is -0.354 e. The van der Waals surface area contributed by atoms with Gasteiger partial charge in [0.15, 0.2) is 0 Å². The number of hydrogen-bond donors (Lipinski definition) is 0. The molecule has 3 heterocycles. The summed E-state index contributed by atoms with van der Waals surface area (Å²) in [4.78, 5) is 26.4. The number of pyridine rings is 1. The van der Waals surface area contributed by atoms with E-state index in [1.165, 1.54) is 5.56 Å². The van der Waals surface area contributed by atoms with Gasteiger partial charge in [0.2, 0.25) is 0 Å². The van der Waals surface area contributed by atoms with Crippen LogP contribution in [-0.2, 0) is 13.6 Å². The van der Waals surface area contributed by atoms with Crippen LogP contribution in [0, 0.1) is 6.92 Å². The molecule has 0 saturated carbocycles. The second-order valence-corrected chi connectivity index (χ2v) is 6.86. The molecule has 0 bridgehead atoms. The number of hydrogen-bond acceptors (Lipinski definition) is 5. The molecular weight excluding hydrogens is 326 g/mol. The average Bonchev–Trinajstić information content (AvgIpc) is 2.66. The van der Waals surface area contributed by atoms with Gasteiger partial charge in [0.25, 0.3) is 5.56 Å². The molecule has 6 heteroatoms. The van der Waals surface area contributed by atoms with Crippen LogP contribution in [0.3, 0.4) is 0 Å². The van der Waals surface area contributed by atoms with Gasteiger partial charge in [-0.3, -0.25) is 14.3 Å². The van der Waals surface area contributed by atoms with E-state index in [1.54, 1.807) is 4.57 Å². The van der Waals surface area contributed by atoms with Gasteiger partial charge in [0, 0.05) is 39.4 Å². The van der Waals surface area contributed by atoms with Crippen LogP contribution in [0.2, 0.25) is 0 Å². The Morgan fingerprint density at radius 3 is 2.62 bits per heavy atom. The third-order valence-corrected chi connectivity index (χ3v) is 5.04. The summed E-state index contributed by atoms with van der Waals surface area (Å²) in [7, 11) is 1.81. The molecule has 0 aliphatic carbocycles. The van der Waals surface area contributed by atoms with Crippen molar-refractivity contribution in [1.82, 2.24) is 19.4 Å². The molecule has 3 aromatic rings. The van der Waals surface area contributed by atoms with Crippen molar-refractivity contribution in [2.45, 2.75) is 13.5 Å². The zero-order valence-electron chi connectivity index (χ0n) is 15.2. The molecule has 0 unspecified atom stereocenters. The van der Waals surface area contributed by atoms with E-state index in [1.807, 2.05) is 43.6 Å². The fourth-order valence-corrected chi connectivity index (χ4v) is 3.43. The standard InChI is InChI=1S/C20H23N5O/c1-15-7-8-21-18(13-15)25-11-9-24(10-12-25)14-19-22-17-6-4-3-5-16(17)20(26)23(19)2/h3-8,13H,9-12,14H2,1-2H3. The van der Waals surface area contributed by atoms with E-state index in [4.69, 9.17) is 4.98 Å². The van der Waals surface area contributed by atoms with Gasteiger partial charge < -0.3 is 4.90 Å². The second kappa shape index (κ2) is 6.88. The normalized spacial score (nSPS) is 15.5. The van der Waals surface area contributed by atoms with Crippen molar-refractivity contribution in [2.24, 2.45) is 7.05 Å². The average molecular weight is 349 g/mol. The van der Waals surface area contributed by atoms with Gasteiger partial charge in [-0.15, -0.1) is 0 Å². The van der Waals surface area contributed by atoms with Gasteiger partial charge in [0.1, 0.15) is 11.6 Å². The molecule has 1 aromatic carbocycles. The van der Waals surface area contributed by atoms with Gasteiger partial charge in [-0.1, -0.05) is 12.1 Å². The van der Waals surface area contributed by atoms with Gasteiger partial charge in [-0.25, -0.2) is 9.97 Å². The third kappa shape index (κ3) is 3.20. The number of anilines is 1. The number of rotatable bonds is 3. The van der Waals surface area contributed by atoms with Crippen molar-refractivity contribution >= 4 is 16.7 Å². The smallest absolute Gasteiger partial charge is 0.261 e. The molecule has 1 fully saturated rings. The molecule has 1 aliphatic rings. The Kier molecular flexibility index (Phi) is 4.42. The van der Waals surface area contributed by atoms with Gasteiger partial charge >= 0.3 is 0 Å². The van der Waals surface area contributed by atoms with Crippen molar-refractivity contribution in [3.8, 4) is 0 Å². The highest BCUT2D eigenvalue weighted by Gasteiger charge is 2.20. The minimum atomic E-state index is 0.0215. The van der Waals surface area contributed by atoms with Crippen LogP contribution in [0.5, 0.6) is 0 Å². The highest BCUT2D eigenvalue weighted by molar-refractivity contribution is 5.77.